The van der Waals surface area contributed by atoms with Gasteiger partial charge in [-0.25, -0.2) is 0 Å². The summed E-state index contributed by atoms with van der Waals surface area (Å²) in [5, 5.41) is 12.1. The SMILES string of the molecule is CC(=O)OCC1=COC(OC(=O)CC(C)(C)OC(C)=O)C2C1=CC(OC(=O)CC(C)C)C2(O)COC(=O)CC(C)C. The lowest BCUT2D eigenvalue weighted by atomic mass is 9.82. The minimum atomic E-state index is -2.11. The summed E-state index contributed by atoms with van der Waals surface area (Å²) in [6.45, 7) is 12.0. The predicted octanol–water partition coefficient (Wildman–Crippen LogP) is 2.90. The predicted molar refractivity (Wildman–Crippen MR) is 142 cm³/mol. The normalized spacial score (nSPS) is 23.5. The van der Waals surface area contributed by atoms with E-state index in [-0.39, 0.29) is 37.7 Å². The molecule has 2 aliphatic rings. The van der Waals surface area contributed by atoms with Crippen molar-refractivity contribution in [2.24, 2.45) is 17.8 Å². The van der Waals surface area contributed by atoms with Crippen molar-refractivity contribution in [3.8, 4) is 0 Å². The zero-order valence-electron chi connectivity index (χ0n) is 25.0. The van der Waals surface area contributed by atoms with E-state index in [4.69, 9.17) is 28.4 Å². The van der Waals surface area contributed by atoms with Crippen LogP contribution in [0.4, 0.5) is 0 Å². The molecule has 0 radical (unpaired) electrons. The number of fused-ring (bicyclic) bond motifs is 1. The van der Waals surface area contributed by atoms with Crippen LogP contribution >= 0.6 is 0 Å². The van der Waals surface area contributed by atoms with E-state index in [0.717, 1.165) is 0 Å². The van der Waals surface area contributed by atoms with Gasteiger partial charge in [-0.3, -0.25) is 24.0 Å². The van der Waals surface area contributed by atoms with Crippen LogP contribution in [0.3, 0.4) is 0 Å². The summed E-state index contributed by atoms with van der Waals surface area (Å²) in [7, 11) is 0. The van der Waals surface area contributed by atoms with Crippen LogP contribution in [0.25, 0.3) is 0 Å². The quantitative estimate of drug-likeness (QED) is 0.250. The number of hydrogen-bond donors (Lipinski definition) is 1. The van der Waals surface area contributed by atoms with E-state index in [1.165, 1.54) is 40.0 Å². The van der Waals surface area contributed by atoms with E-state index < -0.39 is 66.0 Å². The Balaban J connectivity index is 2.46. The van der Waals surface area contributed by atoms with Gasteiger partial charge in [0.1, 0.15) is 18.8 Å². The lowest BCUT2D eigenvalue weighted by Gasteiger charge is -2.40. The molecule has 0 amide bonds. The van der Waals surface area contributed by atoms with E-state index in [0.29, 0.717) is 11.1 Å². The second-order valence-electron chi connectivity index (χ2n) is 11.8. The van der Waals surface area contributed by atoms with Crippen molar-refractivity contribution >= 4 is 29.8 Å². The summed E-state index contributed by atoms with van der Waals surface area (Å²) < 4.78 is 32.7. The zero-order valence-corrected chi connectivity index (χ0v) is 25.0. The Labute approximate surface area is 240 Å². The van der Waals surface area contributed by atoms with Crippen LogP contribution < -0.4 is 0 Å². The molecular weight excluding hydrogens is 540 g/mol. The van der Waals surface area contributed by atoms with Gasteiger partial charge >= 0.3 is 29.8 Å². The molecule has 0 aromatic carbocycles. The number of ether oxygens (including phenoxy) is 6. The molecule has 0 saturated heterocycles. The minimum absolute atomic E-state index is 0.0142. The van der Waals surface area contributed by atoms with Gasteiger partial charge in [0.15, 0.2) is 11.7 Å². The highest BCUT2D eigenvalue weighted by molar-refractivity contribution is 5.73. The van der Waals surface area contributed by atoms with Crippen molar-refractivity contribution < 1.29 is 57.5 Å². The number of rotatable bonds is 13. The summed E-state index contributed by atoms with van der Waals surface area (Å²) in [6.07, 6.45) is -0.283. The van der Waals surface area contributed by atoms with Crippen LogP contribution in [0.2, 0.25) is 0 Å². The molecule has 0 aromatic heterocycles. The van der Waals surface area contributed by atoms with E-state index in [1.54, 1.807) is 0 Å². The number of carbonyl (C=O) groups is 5. The summed E-state index contributed by atoms with van der Waals surface area (Å²) >= 11 is 0. The van der Waals surface area contributed by atoms with Gasteiger partial charge in [0.25, 0.3) is 6.29 Å². The molecule has 1 aliphatic heterocycles. The average Bonchev–Trinajstić information content (AvgIpc) is 3.07. The Hall–Kier alpha value is -3.41. The first-order valence-corrected chi connectivity index (χ1v) is 13.6. The first-order valence-electron chi connectivity index (χ1n) is 13.6. The van der Waals surface area contributed by atoms with Gasteiger partial charge in [0.05, 0.1) is 18.6 Å². The Bertz CT molecular complexity index is 1070. The van der Waals surface area contributed by atoms with Crippen LogP contribution in [-0.2, 0) is 52.4 Å². The summed E-state index contributed by atoms with van der Waals surface area (Å²) in [5.41, 5.74) is -2.65. The van der Waals surface area contributed by atoms with Gasteiger partial charge in [-0.15, -0.1) is 0 Å². The third kappa shape index (κ3) is 9.87. The standard InChI is InChI=1S/C29H42O12/c1-16(2)9-23(32)38-15-29(35)22(39-24(33)10-17(3)4)11-21-20(13-36-18(5)30)14-37-27(26(21)29)40-25(34)12-28(7,8)41-19(6)31/h11,14,16-17,22,26-27,35H,9-10,12-13,15H2,1-8H3. The van der Waals surface area contributed by atoms with E-state index in [1.807, 2.05) is 27.7 Å². The average molecular weight is 583 g/mol. The van der Waals surface area contributed by atoms with Crippen molar-refractivity contribution in [2.45, 2.75) is 98.2 Å². The third-order valence-corrected chi connectivity index (χ3v) is 6.23. The van der Waals surface area contributed by atoms with E-state index >= 15 is 0 Å². The molecule has 1 N–H and O–H groups in total. The molecule has 12 heteroatoms. The lowest BCUT2D eigenvalue weighted by Crippen LogP contribution is -2.56. The molecule has 1 aliphatic carbocycles. The van der Waals surface area contributed by atoms with Crippen LogP contribution in [0.5, 0.6) is 0 Å². The fraction of sp³-hybridized carbons (Fsp3) is 0.690. The summed E-state index contributed by atoms with van der Waals surface area (Å²) in [4.78, 5) is 61.0. The maximum absolute atomic E-state index is 12.9. The van der Waals surface area contributed by atoms with E-state index in [2.05, 4.69) is 0 Å². The molecule has 4 unspecified atom stereocenters. The van der Waals surface area contributed by atoms with E-state index in [9.17, 15) is 29.1 Å². The number of aliphatic hydroxyl groups is 1. The fourth-order valence-electron chi connectivity index (χ4n) is 4.60. The maximum Gasteiger partial charge on any atom is 0.312 e. The fourth-order valence-corrected chi connectivity index (χ4v) is 4.60. The highest BCUT2D eigenvalue weighted by Gasteiger charge is 2.59. The van der Waals surface area contributed by atoms with Crippen LogP contribution in [0, 0.1) is 17.8 Å². The van der Waals surface area contributed by atoms with Crippen molar-refractivity contribution in [1.29, 1.82) is 0 Å². The Morgan fingerprint density at radius 3 is 2.10 bits per heavy atom. The second kappa shape index (κ2) is 14.0. The van der Waals surface area contributed by atoms with Crippen LogP contribution in [0.15, 0.2) is 23.5 Å². The molecule has 0 fully saturated rings. The maximum atomic E-state index is 12.9. The van der Waals surface area contributed by atoms with Gasteiger partial charge in [0, 0.05) is 32.3 Å². The summed E-state index contributed by atoms with van der Waals surface area (Å²) in [5.74, 6) is -4.40. The highest BCUT2D eigenvalue weighted by atomic mass is 16.7. The van der Waals surface area contributed by atoms with Crippen molar-refractivity contribution in [3.05, 3.63) is 23.5 Å². The Morgan fingerprint density at radius 2 is 1.54 bits per heavy atom. The van der Waals surface area contributed by atoms with Crippen molar-refractivity contribution in [2.75, 3.05) is 13.2 Å². The molecule has 0 saturated carbocycles. The first kappa shape index (κ1) is 33.8. The number of esters is 5. The lowest BCUT2D eigenvalue weighted by molar-refractivity contribution is -0.219. The van der Waals surface area contributed by atoms with Crippen LogP contribution in [0.1, 0.15) is 74.7 Å². The van der Waals surface area contributed by atoms with Gasteiger partial charge in [-0.2, -0.15) is 0 Å². The number of hydrogen-bond acceptors (Lipinski definition) is 12. The summed E-state index contributed by atoms with van der Waals surface area (Å²) in [6, 6.07) is 0. The molecule has 0 spiro atoms. The molecule has 12 nitrogen and oxygen atoms in total. The molecule has 2 rings (SSSR count). The largest absolute Gasteiger partial charge is 0.462 e. The second-order valence-corrected chi connectivity index (χ2v) is 11.8. The minimum Gasteiger partial charge on any atom is -0.462 e. The van der Waals surface area contributed by atoms with Gasteiger partial charge in [0.2, 0.25) is 0 Å². The van der Waals surface area contributed by atoms with Crippen LogP contribution in [-0.4, -0.2) is 71.8 Å². The molecule has 0 bridgehead atoms. The topological polar surface area (TPSA) is 161 Å². The van der Waals surface area contributed by atoms with Crippen molar-refractivity contribution in [3.63, 3.8) is 0 Å². The molecule has 0 aromatic rings. The zero-order chi connectivity index (χ0) is 31.1. The Morgan fingerprint density at radius 1 is 0.927 bits per heavy atom. The molecule has 230 valence electrons. The highest BCUT2D eigenvalue weighted by Crippen LogP contribution is 2.47. The third-order valence-electron chi connectivity index (χ3n) is 6.23. The Kier molecular flexibility index (Phi) is 11.5. The molecular formula is C29H42O12. The van der Waals surface area contributed by atoms with Gasteiger partial charge in [-0.05, 0) is 37.3 Å². The van der Waals surface area contributed by atoms with Gasteiger partial charge in [-0.1, -0.05) is 27.7 Å². The molecule has 41 heavy (non-hydrogen) atoms. The molecule has 1 heterocycles. The van der Waals surface area contributed by atoms with Gasteiger partial charge < -0.3 is 33.5 Å². The monoisotopic (exact) mass is 582 g/mol. The first-order chi connectivity index (χ1) is 18.9. The number of carbonyl (C=O) groups excluding carboxylic acids is 5. The van der Waals surface area contributed by atoms with Crippen molar-refractivity contribution in [1.82, 2.24) is 0 Å². The smallest absolute Gasteiger partial charge is 0.312 e. The molecule has 4 atom stereocenters.